The average Bonchev–Trinajstić information content (AvgIpc) is 2.67. The van der Waals surface area contributed by atoms with E-state index in [-0.39, 0.29) is 16.3 Å². The summed E-state index contributed by atoms with van der Waals surface area (Å²) in [6.07, 6.45) is 1.07. The van der Waals surface area contributed by atoms with Crippen LogP contribution in [-0.2, 0) is 26.4 Å². The lowest BCUT2D eigenvalue weighted by Gasteiger charge is -2.26. The lowest BCUT2D eigenvalue weighted by molar-refractivity contribution is 0.589. The Hall–Kier alpha value is -2.64. The second-order valence-corrected chi connectivity index (χ2v) is 10.9. The lowest BCUT2D eigenvalue weighted by Crippen LogP contribution is -2.31. The molecule has 0 saturated carbocycles. The summed E-state index contributed by atoms with van der Waals surface area (Å²) in [6.45, 7) is 3.73. The van der Waals surface area contributed by atoms with Gasteiger partial charge in [-0.1, -0.05) is 54.1 Å². The highest BCUT2D eigenvalue weighted by atomic mass is 32.2. The van der Waals surface area contributed by atoms with Crippen molar-refractivity contribution in [2.24, 2.45) is 0 Å². The molecule has 7 heteroatoms. The summed E-state index contributed by atoms with van der Waals surface area (Å²) in [7, 11) is -7.55. The zero-order valence-electron chi connectivity index (χ0n) is 16.5. The Morgan fingerprint density at radius 3 is 2.00 bits per heavy atom. The molecule has 0 radical (unpaired) electrons. The Labute approximate surface area is 172 Å². The van der Waals surface area contributed by atoms with Crippen LogP contribution in [0.3, 0.4) is 0 Å². The molecule has 0 aromatic heterocycles. The Kier molecular flexibility index (Phi) is 5.82. The number of anilines is 1. The van der Waals surface area contributed by atoms with E-state index in [1.165, 1.54) is 22.5 Å². The van der Waals surface area contributed by atoms with Crippen LogP contribution in [0.1, 0.15) is 16.7 Å². The predicted octanol–water partition coefficient (Wildman–Crippen LogP) is 4.10. The van der Waals surface area contributed by atoms with Gasteiger partial charge in [0, 0.05) is 6.26 Å². The minimum atomic E-state index is -4.01. The summed E-state index contributed by atoms with van der Waals surface area (Å²) >= 11 is 0. The summed E-state index contributed by atoms with van der Waals surface area (Å²) in [5.74, 6) is 0. The van der Waals surface area contributed by atoms with Gasteiger partial charge in [-0.05, 0) is 49.2 Å². The van der Waals surface area contributed by atoms with Gasteiger partial charge in [0.2, 0.25) is 0 Å². The van der Waals surface area contributed by atoms with Crippen molar-refractivity contribution in [3.8, 4) is 0 Å². The molecule has 3 aromatic carbocycles. The Morgan fingerprint density at radius 2 is 1.41 bits per heavy atom. The van der Waals surface area contributed by atoms with E-state index < -0.39 is 19.9 Å². The van der Waals surface area contributed by atoms with E-state index in [0.717, 1.165) is 17.4 Å². The third kappa shape index (κ3) is 4.68. The second-order valence-electron chi connectivity index (χ2n) is 7.03. The topological polar surface area (TPSA) is 71.5 Å². The molecule has 29 heavy (non-hydrogen) atoms. The molecule has 0 heterocycles. The molecule has 0 atom stereocenters. The maximum absolute atomic E-state index is 13.7. The molecule has 0 N–H and O–H groups in total. The first-order chi connectivity index (χ1) is 13.6. The van der Waals surface area contributed by atoms with Gasteiger partial charge in [-0.15, -0.1) is 0 Å². The van der Waals surface area contributed by atoms with Crippen LogP contribution in [0.15, 0.2) is 82.6 Å². The lowest BCUT2D eigenvalue weighted by atomic mass is 10.2. The van der Waals surface area contributed by atoms with Crippen LogP contribution in [0.5, 0.6) is 0 Å². The van der Waals surface area contributed by atoms with E-state index in [0.29, 0.717) is 11.3 Å². The Morgan fingerprint density at radius 1 is 0.793 bits per heavy atom. The number of sulfonamides is 1. The van der Waals surface area contributed by atoms with Gasteiger partial charge >= 0.3 is 0 Å². The standard InChI is InChI=1S/C22H23NO4S2/c1-17-9-12-20(13-10-17)23(16-19-7-5-4-6-8-19)29(26,27)22-15-21(28(3,24)25)14-11-18(22)2/h4-15H,16H2,1-3H3. The van der Waals surface area contributed by atoms with Crippen molar-refractivity contribution in [3.05, 3.63) is 89.5 Å². The van der Waals surface area contributed by atoms with Crippen molar-refractivity contribution in [1.82, 2.24) is 0 Å². The van der Waals surface area contributed by atoms with Crippen molar-refractivity contribution >= 4 is 25.5 Å². The zero-order chi connectivity index (χ0) is 21.2. The molecule has 3 rings (SSSR count). The summed E-state index contributed by atoms with van der Waals surface area (Å²) in [6, 6.07) is 20.7. The van der Waals surface area contributed by atoms with Gasteiger partial charge in [0.25, 0.3) is 10.0 Å². The van der Waals surface area contributed by atoms with Crippen LogP contribution in [0.25, 0.3) is 0 Å². The molecule has 0 aliphatic heterocycles. The molecular formula is C22H23NO4S2. The summed E-state index contributed by atoms with van der Waals surface area (Å²) in [4.78, 5) is -0.0397. The van der Waals surface area contributed by atoms with Crippen LogP contribution >= 0.6 is 0 Å². The molecule has 0 saturated heterocycles. The smallest absolute Gasteiger partial charge is 0.262 e. The molecule has 0 bridgehead atoms. The Balaban J connectivity index is 2.17. The van der Waals surface area contributed by atoms with E-state index in [9.17, 15) is 16.8 Å². The minimum Gasteiger partial charge on any atom is -0.262 e. The van der Waals surface area contributed by atoms with E-state index in [4.69, 9.17) is 0 Å². The zero-order valence-corrected chi connectivity index (χ0v) is 18.2. The van der Waals surface area contributed by atoms with Crippen molar-refractivity contribution in [2.45, 2.75) is 30.2 Å². The maximum atomic E-state index is 13.7. The number of benzene rings is 3. The first-order valence-electron chi connectivity index (χ1n) is 9.03. The van der Waals surface area contributed by atoms with E-state index in [2.05, 4.69) is 0 Å². The van der Waals surface area contributed by atoms with Gasteiger partial charge in [0.1, 0.15) is 0 Å². The number of hydrogen-bond donors (Lipinski definition) is 0. The van der Waals surface area contributed by atoms with Crippen LogP contribution in [0.4, 0.5) is 5.69 Å². The second kappa shape index (κ2) is 8.00. The van der Waals surface area contributed by atoms with Crippen molar-refractivity contribution < 1.29 is 16.8 Å². The van der Waals surface area contributed by atoms with Gasteiger partial charge < -0.3 is 0 Å². The van der Waals surface area contributed by atoms with E-state index >= 15 is 0 Å². The SMILES string of the molecule is Cc1ccc(N(Cc2ccccc2)S(=O)(=O)c2cc(S(C)(=O)=O)ccc2C)cc1. The normalized spacial score (nSPS) is 12.0. The third-order valence-electron chi connectivity index (χ3n) is 4.65. The average molecular weight is 430 g/mol. The molecule has 0 fully saturated rings. The summed E-state index contributed by atoms with van der Waals surface area (Å²) in [5.41, 5.74) is 2.85. The number of nitrogens with zero attached hydrogens (tertiary/aromatic N) is 1. The fourth-order valence-electron chi connectivity index (χ4n) is 2.98. The number of hydrogen-bond acceptors (Lipinski definition) is 4. The highest BCUT2D eigenvalue weighted by molar-refractivity contribution is 7.93. The molecule has 3 aromatic rings. The van der Waals surface area contributed by atoms with Crippen LogP contribution < -0.4 is 4.31 Å². The van der Waals surface area contributed by atoms with Crippen LogP contribution in [-0.4, -0.2) is 23.1 Å². The van der Waals surface area contributed by atoms with E-state index in [1.807, 2.05) is 49.4 Å². The van der Waals surface area contributed by atoms with Crippen LogP contribution in [0, 0.1) is 13.8 Å². The van der Waals surface area contributed by atoms with Gasteiger partial charge in [-0.2, -0.15) is 0 Å². The minimum absolute atomic E-state index is 0.0167. The van der Waals surface area contributed by atoms with Gasteiger partial charge in [0.15, 0.2) is 9.84 Å². The monoisotopic (exact) mass is 429 g/mol. The molecular weight excluding hydrogens is 406 g/mol. The first kappa shape index (κ1) is 21.1. The number of rotatable bonds is 6. The largest absolute Gasteiger partial charge is 0.264 e. The highest BCUT2D eigenvalue weighted by Crippen LogP contribution is 2.29. The third-order valence-corrected chi connectivity index (χ3v) is 7.67. The fraction of sp³-hybridized carbons (Fsp3) is 0.182. The fourth-order valence-corrected chi connectivity index (χ4v) is 5.41. The number of aryl methyl sites for hydroxylation is 2. The summed E-state index contributed by atoms with van der Waals surface area (Å²) < 4.78 is 52.6. The number of sulfone groups is 1. The molecule has 152 valence electrons. The maximum Gasteiger partial charge on any atom is 0.264 e. The van der Waals surface area contributed by atoms with Crippen molar-refractivity contribution in [1.29, 1.82) is 0 Å². The molecule has 5 nitrogen and oxygen atoms in total. The van der Waals surface area contributed by atoms with E-state index in [1.54, 1.807) is 19.1 Å². The molecule has 0 aliphatic carbocycles. The van der Waals surface area contributed by atoms with Gasteiger partial charge in [0.05, 0.1) is 22.0 Å². The highest BCUT2D eigenvalue weighted by Gasteiger charge is 2.28. The van der Waals surface area contributed by atoms with Crippen molar-refractivity contribution in [2.75, 3.05) is 10.6 Å². The molecule has 0 amide bonds. The van der Waals surface area contributed by atoms with Crippen LogP contribution in [0.2, 0.25) is 0 Å². The first-order valence-corrected chi connectivity index (χ1v) is 12.4. The Bertz CT molecular complexity index is 1220. The predicted molar refractivity (Wildman–Crippen MR) is 115 cm³/mol. The molecule has 0 spiro atoms. The summed E-state index contributed by atoms with van der Waals surface area (Å²) in [5, 5.41) is 0. The van der Waals surface area contributed by atoms with Gasteiger partial charge in [-0.25, -0.2) is 16.8 Å². The molecule has 0 unspecified atom stereocenters. The van der Waals surface area contributed by atoms with Gasteiger partial charge in [-0.3, -0.25) is 4.31 Å². The molecule has 0 aliphatic rings. The quantitative estimate of drug-likeness (QED) is 0.591. The van der Waals surface area contributed by atoms with Crippen molar-refractivity contribution in [3.63, 3.8) is 0 Å².